The zero-order chi connectivity index (χ0) is 13.1. The third-order valence-corrected chi connectivity index (χ3v) is 3.35. The second kappa shape index (κ2) is 6.69. The number of benzene rings is 1. The molecule has 0 unspecified atom stereocenters. The molecule has 0 aliphatic heterocycles. The lowest BCUT2D eigenvalue weighted by Crippen LogP contribution is -3.00. The van der Waals surface area contributed by atoms with Gasteiger partial charge in [-0.2, -0.15) is 4.57 Å². The Bertz CT molecular complexity index is 579. The molecule has 19 heavy (non-hydrogen) atoms. The van der Waals surface area contributed by atoms with Crippen molar-refractivity contribution in [2.24, 2.45) is 0 Å². The number of aryl methyl sites for hydroxylation is 1. The first-order chi connectivity index (χ1) is 8.58. The van der Waals surface area contributed by atoms with Gasteiger partial charge < -0.3 is 12.4 Å². The molecule has 0 saturated carbocycles. The molecule has 100 valence electrons. The number of nitrogens with zero attached hydrogens (tertiary/aromatic N) is 1. The van der Waals surface area contributed by atoms with E-state index in [1.54, 1.807) is 24.3 Å². The summed E-state index contributed by atoms with van der Waals surface area (Å²) in [6, 6.07) is 11.0. The van der Waals surface area contributed by atoms with E-state index >= 15 is 0 Å². The Morgan fingerprint density at radius 2 is 1.79 bits per heavy atom. The van der Waals surface area contributed by atoms with E-state index in [9.17, 15) is 4.79 Å². The summed E-state index contributed by atoms with van der Waals surface area (Å²) >= 11 is 5.81. The highest BCUT2D eigenvalue weighted by atomic mass is 35.5. The summed E-state index contributed by atoms with van der Waals surface area (Å²) in [4.78, 5) is 12.1. The van der Waals surface area contributed by atoms with Gasteiger partial charge in [0.05, 0.1) is 0 Å². The fourth-order valence-corrected chi connectivity index (χ4v) is 1.93. The molecule has 0 amide bonds. The number of pyridine rings is 1. The van der Waals surface area contributed by atoms with E-state index < -0.39 is 0 Å². The van der Waals surface area contributed by atoms with Crippen LogP contribution in [0.3, 0.4) is 0 Å². The Morgan fingerprint density at radius 1 is 1.16 bits per heavy atom. The van der Waals surface area contributed by atoms with E-state index in [1.807, 2.05) is 36.7 Å². The van der Waals surface area contributed by atoms with E-state index in [0.717, 1.165) is 5.69 Å². The first-order valence-electron chi connectivity index (χ1n) is 5.82. The molecule has 0 aliphatic rings. The maximum Gasteiger partial charge on any atom is 0.227 e. The number of halogens is 2. The van der Waals surface area contributed by atoms with Crippen molar-refractivity contribution in [3.63, 3.8) is 0 Å². The summed E-state index contributed by atoms with van der Waals surface area (Å²) in [5.41, 5.74) is 2.98. The van der Waals surface area contributed by atoms with Gasteiger partial charge in [0.25, 0.3) is 0 Å². The molecule has 0 aliphatic carbocycles. The van der Waals surface area contributed by atoms with Crippen LogP contribution in [0.1, 0.15) is 21.6 Å². The molecule has 0 bridgehead atoms. The zero-order valence-corrected chi connectivity index (χ0v) is 12.4. The third kappa shape index (κ3) is 3.79. The molecule has 0 radical (unpaired) electrons. The van der Waals surface area contributed by atoms with E-state index in [1.165, 1.54) is 5.56 Å². The lowest BCUT2D eigenvalue weighted by atomic mass is 10.1. The number of ketones is 1. The Kier molecular flexibility index (Phi) is 5.52. The minimum Gasteiger partial charge on any atom is -1.00 e. The standard InChI is InChI=1S/C15H15ClNO.ClH/c1-11-4-3-9-17(12(11)2)10-15(18)13-5-7-14(16)8-6-13;/h3-9H,10H2,1-2H3;1H/q+1;/p-1. The summed E-state index contributed by atoms with van der Waals surface area (Å²) in [6.45, 7) is 4.41. The molecule has 4 heteroatoms. The molecule has 0 fully saturated rings. The monoisotopic (exact) mass is 295 g/mol. The zero-order valence-electron chi connectivity index (χ0n) is 10.9. The van der Waals surface area contributed by atoms with Crippen LogP contribution in [-0.2, 0) is 6.54 Å². The molecular weight excluding hydrogens is 281 g/mol. The van der Waals surface area contributed by atoms with E-state index in [4.69, 9.17) is 11.6 Å². The normalized spacial score (nSPS) is 9.84. The fourth-order valence-electron chi connectivity index (χ4n) is 1.80. The van der Waals surface area contributed by atoms with Crippen molar-refractivity contribution in [1.82, 2.24) is 0 Å². The van der Waals surface area contributed by atoms with Gasteiger partial charge in [0.2, 0.25) is 12.3 Å². The highest BCUT2D eigenvalue weighted by Crippen LogP contribution is 2.10. The lowest BCUT2D eigenvalue weighted by molar-refractivity contribution is -0.689. The predicted octanol–water partition coefficient (Wildman–Crippen LogP) is 0.131. The molecular formula is C15H15Cl2NO. The Morgan fingerprint density at radius 3 is 2.42 bits per heavy atom. The van der Waals surface area contributed by atoms with Crippen LogP contribution in [0.15, 0.2) is 42.6 Å². The second-order valence-corrected chi connectivity index (χ2v) is 4.77. The average molecular weight is 296 g/mol. The van der Waals surface area contributed by atoms with Crippen molar-refractivity contribution in [3.8, 4) is 0 Å². The minimum absolute atomic E-state index is 0. The van der Waals surface area contributed by atoms with E-state index in [-0.39, 0.29) is 18.2 Å². The number of Topliss-reactive ketones (excluding diaryl/α,β-unsaturated/α-hetero) is 1. The van der Waals surface area contributed by atoms with Crippen LogP contribution in [0.25, 0.3) is 0 Å². The van der Waals surface area contributed by atoms with Crippen molar-refractivity contribution in [2.75, 3.05) is 0 Å². The molecule has 0 saturated heterocycles. The Labute approximate surface area is 124 Å². The number of aromatic nitrogens is 1. The molecule has 0 spiro atoms. The molecule has 0 N–H and O–H groups in total. The van der Waals surface area contributed by atoms with Crippen LogP contribution in [0.4, 0.5) is 0 Å². The maximum absolute atomic E-state index is 12.1. The largest absolute Gasteiger partial charge is 1.00 e. The number of hydrogen-bond acceptors (Lipinski definition) is 1. The maximum atomic E-state index is 12.1. The first kappa shape index (κ1) is 15.7. The topological polar surface area (TPSA) is 20.9 Å². The molecule has 2 nitrogen and oxygen atoms in total. The number of carbonyl (C=O) groups is 1. The smallest absolute Gasteiger partial charge is 0.227 e. The summed E-state index contributed by atoms with van der Waals surface area (Å²) in [7, 11) is 0. The molecule has 2 aromatic rings. The Balaban J connectivity index is 0.00000180. The van der Waals surface area contributed by atoms with Crippen LogP contribution >= 0.6 is 11.6 Å². The lowest BCUT2D eigenvalue weighted by Gasteiger charge is -2.02. The summed E-state index contributed by atoms with van der Waals surface area (Å²) in [6.07, 6.45) is 1.93. The van der Waals surface area contributed by atoms with Crippen LogP contribution in [0.5, 0.6) is 0 Å². The quantitative estimate of drug-likeness (QED) is 0.583. The van der Waals surface area contributed by atoms with Gasteiger partial charge in [0.1, 0.15) is 0 Å². The van der Waals surface area contributed by atoms with E-state index in [2.05, 4.69) is 0 Å². The van der Waals surface area contributed by atoms with Gasteiger partial charge in [-0.1, -0.05) is 11.6 Å². The molecule has 2 rings (SSSR count). The molecule has 1 aromatic carbocycles. The highest BCUT2D eigenvalue weighted by Gasteiger charge is 2.15. The highest BCUT2D eigenvalue weighted by molar-refractivity contribution is 6.30. The van der Waals surface area contributed by atoms with Crippen LogP contribution in [-0.4, -0.2) is 5.78 Å². The van der Waals surface area contributed by atoms with Gasteiger partial charge in [-0.15, -0.1) is 0 Å². The van der Waals surface area contributed by atoms with Crippen molar-refractivity contribution in [1.29, 1.82) is 0 Å². The van der Waals surface area contributed by atoms with Gasteiger partial charge in [0, 0.05) is 29.1 Å². The van der Waals surface area contributed by atoms with Gasteiger partial charge in [0.15, 0.2) is 11.9 Å². The van der Waals surface area contributed by atoms with Crippen LogP contribution in [0.2, 0.25) is 5.02 Å². The van der Waals surface area contributed by atoms with Gasteiger partial charge >= 0.3 is 0 Å². The SMILES string of the molecule is Cc1ccc[n+](CC(=O)c2ccc(Cl)cc2)c1C.[Cl-]. The minimum atomic E-state index is 0. The third-order valence-electron chi connectivity index (χ3n) is 3.09. The van der Waals surface area contributed by atoms with Crippen molar-refractivity contribution < 1.29 is 21.8 Å². The number of rotatable bonds is 3. The summed E-state index contributed by atoms with van der Waals surface area (Å²) < 4.78 is 1.96. The summed E-state index contributed by atoms with van der Waals surface area (Å²) in [5, 5.41) is 0.644. The number of carbonyl (C=O) groups excluding carboxylic acids is 1. The van der Waals surface area contributed by atoms with Gasteiger partial charge in [-0.3, -0.25) is 4.79 Å². The average Bonchev–Trinajstić information content (AvgIpc) is 2.36. The van der Waals surface area contributed by atoms with Gasteiger partial charge in [-0.25, -0.2) is 0 Å². The van der Waals surface area contributed by atoms with Crippen molar-refractivity contribution in [3.05, 3.63) is 64.4 Å². The van der Waals surface area contributed by atoms with Crippen molar-refractivity contribution in [2.45, 2.75) is 20.4 Å². The second-order valence-electron chi connectivity index (χ2n) is 4.33. The van der Waals surface area contributed by atoms with Crippen molar-refractivity contribution >= 4 is 17.4 Å². The van der Waals surface area contributed by atoms with Crippen LogP contribution < -0.4 is 17.0 Å². The first-order valence-corrected chi connectivity index (χ1v) is 6.20. The number of hydrogen-bond donors (Lipinski definition) is 0. The Hall–Kier alpha value is -1.38. The predicted molar refractivity (Wildman–Crippen MR) is 71.9 cm³/mol. The molecule has 0 atom stereocenters. The molecule has 1 aromatic heterocycles. The van der Waals surface area contributed by atoms with Crippen LogP contribution in [0, 0.1) is 13.8 Å². The molecule has 1 heterocycles. The van der Waals surface area contributed by atoms with Gasteiger partial charge in [-0.05, 0) is 37.3 Å². The van der Waals surface area contributed by atoms with E-state index in [0.29, 0.717) is 17.1 Å². The fraction of sp³-hybridized carbons (Fsp3) is 0.200. The summed E-state index contributed by atoms with van der Waals surface area (Å²) in [5.74, 6) is 0.0883.